The number of rotatable bonds is 0. The second-order valence-electron chi connectivity index (χ2n) is 1.35. The fraction of sp³-hybridized carbons (Fsp3) is 0. The molecule has 0 radical (unpaired) electrons. The van der Waals surface area contributed by atoms with E-state index in [1.165, 1.54) is 0 Å². The average Bonchev–Trinajstić information content (AvgIpc) is 2.10. The number of hydrogen-bond acceptors (Lipinski definition) is 4. The van der Waals surface area contributed by atoms with Crippen LogP contribution in [0.2, 0.25) is 0 Å². The zero-order valence-corrected chi connectivity index (χ0v) is 9.17. The average molecular weight is 208 g/mol. The van der Waals surface area contributed by atoms with Gasteiger partial charge in [0.15, 0.2) is 0 Å². The topological polar surface area (TPSA) is 80.3 Å². The Morgan fingerprint density at radius 1 is 0.692 bits per heavy atom. The fourth-order valence-electron chi connectivity index (χ4n) is 0.385. The molecule has 1 aromatic carbocycles. The largest absolute Gasteiger partial charge is 2.00 e. The number of hydrogen-bond donors (Lipinski definition) is 0. The van der Waals surface area contributed by atoms with Gasteiger partial charge >= 0.3 is 37.7 Å². The van der Waals surface area contributed by atoms with Gasteiger partial charge in [-0.05, 0) is 0 Å². The van der Waals surface area contributed by atoms with Gasteiger partial charge in [-0.3, -0.25) is 0 Å². The van der Waals surface area contributed by atoms with Crippen LogP contribution in [0, 0.1) is 0 Å². The smallest absolute Gasteiger partial charge is 0.554 e. The van der Waals surface area contributed by atoms with E-state index >= 15 is 0 Å². The molecule has 0 unspecified atom stereocenters. The maximum absolute atomic E-state index is 8.25. The Bertz CT molecular complexity index is 146. The van der Waals surface area contributed by atoms with Crippen molar-refractivity contribution in [3.05, 3.63) is 36.4 Å². The van der Waals surface area contributed by atoms with Gasteiger partial charge < -0.3 is 19.8 Å². The van der Waals surface area contributed by atoms with Crippen molar-refractivity contribution in [3.8, 4) is 0 Å². The Morgan fingerprint density at radius 2 is 0.769 bits per heavy atom. The van der Waals surface area contributed by atoms with Gasteiger partial charge in [0.1, 0.15) is 0 Å². The summed E-state index contributed by atoms with van der Waals surface area (Å²) in [4.78, 5) is 16.5. The van der Waals surface area contributed by atoms with Gasteiger partial charge in [0.2, 0.25) is 0 Å². The molecule has 0 amide bonds. The minimum Gasteiger partial charge on any atom is -0.554 e. The molecule has 0 fully saturated rings. The molecular formula is C8H8CaO4. The van der Waals surface area contributed by atoms with Crippen LogP contribution in [0.1, 0.15) is 0 Å². The third-order valence-corrected chi connectivity index (χ3v) is 0.667. The predicted molar refractivity (Wildman–Crippen MR) is 44.3 cm³/mol. The summed E-state index contributed by atoms with van der Waals surface area (Å²) >= 11 is 0. The van der Waals surface area contributed by atoms with E-state index in [9.17, 15) is 0 Å². The quantitative estimate of drug-likeness (QED) is 0.366. The first-order valence-electron chi connectivity index (χ1n) is 2.94. The molecule has 1 aromatic rings. The van der Waals surface area contributed by atoms with Crippen LogP contribution in [0.5, 0.6) is 0 Å². The summed E-state index contributed by atoms with van der Waals surface area (Å²) in [6, 6.07) is 12.0. The molecule has 0 saturated carbocycles. The molecule has 0 aliphatic carbocycles. The van der Waals surface area contributed by atoms with Crippen LogP contribution in [0.4, 0.5) is 0 Å². The maximum Gasteiger partial charge on any atom is 2.00 e. The molecular weight excluding hydrogens is 200 g/mol. The third-order valence-electron chi connectivity index (χ3n) is 0.667. The van der Waals surface area contributed by atoms with Crippen molar-refractivity contribution in [2.24, 2.45) is 0 Å². The van der Waals surface area contributed by atoms with Crippen molar-refractivity contribution in [1.82, 2.24) is 0 Å². The van der Waals surface area contributed by atoms with E-state index in [1.807, 2.05) is 36.4 Å². The number of carbonyl (C=O) groups is 2. The van der Waals surface area contributed by atoms with E-state index in [1.54, 1.807) is 0 Å². The summed E-state index contributed by atoms with van der Waals surface area (Å²) in [6.45, 7) is -1.00. The number of carbonyl (C=O) groups excluding carboxylic acids is 2. The zero-order valence-electron chi connectivity index (χ0n) is 6.96. The predicted octanol–water partition coefficient (Wildman–Crippen LogP) is -1.96. The van der Waals surface area contributed by atoms with Crippen LogP contribution in [0.15, 0.2) is 36.4 Å². The molecule has 0 bridgehead atoms. The Morgan fingerprint density at radius 3 is 0.846 bits per heavy atom. The summed E-state index contributed by atoms with van der Waals surface area (Å²) in [5.41, 5.74) is 0. The minimum absolute atomic E-state index is 0. The molecule has 0 N–H and O–H groups in total. The summed E-state index contributed by atoms with van der Waals surface area (Å²) in [7, 11) is 0. The van der Waals surface area contributed by atoms with Gasteiger partial charge in [0.05, 0.1) is 0 Å². The Kier molecular flexibility index (Phi) is 31.6. The molecule has 4 nitrogen and oxygen atoms in total. The van der Waals surface area contributed by atoms with Gasteiger partial charge in [-0.15, -0.1) is 0 Å². The van der Waals surface area contributed by atoms with Crippen molar-refractivity contribution >= 4 is 50.7 Å². The molecule has 0 aliphatic heterocycles. The summed E-state index contributed by atoms with van der Waals surface area (Å²) in [5, 5.41) is 16.5. The molecule has 66 valence electrons. The molecule has 0 spiro atoms. The SMILES string of the molecule is O=C[O-].O=C[O-].[Ca+2].c1ccccc1. The fourth-order valence-corrected chi connectivity index (χ4v) is 0.385. The van der Waals surface area contributed by atoms with Crippen molar-refractivity contribution in [2.45, 2.75) is 0 Å². The summed E-state index contributed by atoms with van der Waals surface area (Å²) < 4.78 is 0. The molecule has 0 aliphatic rings. The third kappa shape index (κ3) is 34.5. The van der Waals surface area contributed by atoms with Gasteiger partial charge in [0, 0.05) is 12.9 Å². The number of carboxylic acid groups (broad SMARTS) is 2. The van der Waals surface area contributed by atoms with Crippen LogP contribution in [-0.4, -0.2) is 50.7 Å². The second kappa shape index (κ2) is 22.5. The van der Waals surface area contributed by atoms with Crippen LogP contribution >= 0.6 is 0 Å². The molecule has 0 aromatic heterocycles. The molecule has 1 rings (SSSR count). The Labute approximate surface area is 106 Å². The van der Waals surface area contributed by atoms with Gasteiger partial charge in [0.25, 0.3) is 0 Å². The van der Waals surface area contributed by atoms with Crippen molar-refractivity contribution < 1.29 is 19.8 Å². The molecule has 5 heteroatoms. The van der Waals surface area contributed by atoms with Crippen molar-refractivity contribution in [3.63, 3.8) is 0 Å². The van der Waals surface area contributed by atoms with Crippen molar-refractivity contribution in [1.29, 1.82) is 0 Å². The minimum atomic E-state index is -0.500. The van der Waals surface area contributed by atoms with E-state index in [4.69, 9.17) is 19.8 Å². The normalized spacial score (nSPS) is 5.54. The van der Waals surface area contributed by atoms with E-state index in [2.05, 4.69) is 0 Å². The second-order valence-corrected chi connectivity index (χ2v) is 1.35. The van der Waals surface area contributed by atoms with E-state index in [-0.39, 0.29) is 37.7 Å². The monoisotopic (exact) mass is 208 g/mol. The Balaban J connectivity index is -0.000000126. The van der Waals surface area contributed by atoms with Gasteiger partial charge in [-0.1, -0.05) is 36.4 Å². The number of benzene rings is 1. The first-order valence-corrected chi connectivity index (χ1v) is 2.94. The molecule has 0 atom stereocenters. The van der Waals surface area contributed by atoms with Crippen LogP contribution in [-0.2, 0) is 9.59 Å². The van der Waals surface area contributed by atoms with Gasteiger partial charge in [-0.25, -0.2) is 0 Å². The van der Waals surface area contributed by atoms with Crippen molar-refractivity contribution in [2.75, 3.05) is 0 Å². The summed E-state index contributed by atoms with van der Waals surface area (Å²) in [5.74, 6) is 0. The molecule has 0 heterocycles. The Hall–Kier alpha value is -0.580. The standard InChI is InChI=1S/C6H6.2CH2O2.Ca/c1-2-4-6-5-3-1;2*2-1-3;/h1-6H;2*1H,(H,2,3);/q;;;+2/p-2. The molecule has 13 heavy (non-hydrogen) atoms. The zero-order chi connectivity index (χ0) is 9.66. The first-order chi connectivity index (χ1) is 5.83. The van der Waals surface area contributed by atoms with Crippen LogP contribution < -0.4 is 10.2 Å². The van der Waals surface area contributed by atoms with E-state index in [0.717, 1.165) is 0 Å². The van der Waals surface area contributed by atoms with Crippen LogP contribution in [0.25, 0.3) is 0 Å². The first kappa shape index (κ1) is 18.3. The summed E-state index contributed by atoms with van der Waals surface area (Å²) in [6.07, 6.45) is 0. The van der Waals surface area contributed by atoms with Gasteiger partial charge in [-0.2, -0.15) is 0 Å². The van der Waals surface area contributed by atoms with Crippen LogP contribution in [0.3, 0.4) is 0 Å². The molecule has 0 saturated heterocycles. The maximum atomic E-state index is 8.25. The van der Waals surface area contributed by atoms with E-state index in [0.29, 0.717) is 0 Å². The van der Waals surface area contributed by atoms with E-state index < -0.39 is 12.9 Å².